The Hall–Kier alpha value is -3.39. The largest absolute Gasteiger partial charge is 0.497 e. The predicted octanol–water partition coefficient (Wildman–Crippen LogP) is 6.63. The molecule has 5 rings (SSSR count). The van der Waals surface area contributed by atoms with E-state index in [4.69, 9.17) is 23.7 Å². The van der Waals surface area contributed by atoms with Crippen molar-refractivity contribution in [2.75, 3.05) is 20.3 Å². The number of azide groups is 1. The normalized spacial score (nSPS) is 21.4. The van der Waals surface area contributed by atoms with E-state index < -0.39 is 17.9 Å². The van der Waals surface area contributed by atoms with Gasteiger partial charge in [0.15, 0.2) is 5.79 Å². The molecule has 1 heterocycles. The Balaban J connectivity index is 1.45. The van der Waals surface area contributed by atoms with Crippen molar-refractivity contribution in [1.29, 1.82) is 0 Å². The SMILES string of the molecule is COc1ccc(C[C@H](N=[N+]=[N-])[C@@H](OCc2ccccc2)[C@H]2CC3(CC[C@@H]2OCc2ccccc2)OCCO3)cc1. The minimum Gasteiger partial charge on any atom is -0.497 e. The Morgan fingerprint density at radius 2 is 1.55 bits per heavy atom. The second-order valence-electron chi connectivity index (χ2n) is 10.4. The van der Waals surface area contributed by atoms with Gasteiger partial charge in [0.2, 0.25) is 0 Å². The summed E-state index contributed by atoms with van der Waals surface area (Å²) in [7, 11) is 1.65. The summed E-state index contributed by atoms with van der Waals surface area (Å²) in [4.78, 5) is 3.26. The number of nitrogens with zero attached hydrogens (tertiary/aromatic N) is 3. The number of hydrogen-bond acceptors (Lipinski definition) is 6. The molecule has 1 aliphatic carbocycles. The van der Waals surface area contributed by atoms with E-state index in [0.717, 1.165) is 35.3 Å². The smallest absolute Gasteiger partial charge is 0.169 e. The van der Waals surface area contributed by atoms with Crippen LogP contribution in [-0.4, -0.2) is 44.4 Å². The van der Waals surface area contributed by atoms with Gasteiger partial charge in [0.25, 0.3) is 0 Å². The predicted molar refractivity (Wildman–Crippen MR) is 152 cm³/mol. The molecule has 2 fully saturated rings. The molecule has 0 unspecified atom stereocenters. The molecule has 0 amide bonds. The van der Waals surface area contributed by atoms with Gasteiger partial charge in [0.05, 0.1) is 51.8 Å². The van der Waals surface area contributed by atoms with Crippen LogP contribution in [-0.2, 0) is 38.6 Å². The van der Waals surface area contributed by atoms with Crippen LogP contribution in [0.3, 0.4) is 0 Å². The Labute approximate surface area is 235 Å². The fourth-order valence-electron chi connectivity index (χ4n) is 5.82. The van der Waals surface area contributed by atoms with E-state index in [2.05, 4.69) is 22.2 Å². The van der Waals surface area contributed by atoms with Gasteiger partial charge in [-0.3, -0.25) is 0 Å². The zero-order valence-corrected chi connectivity index (χ0v) is 22.9. The highest BCUT2D eigenvalue weighted by atomic mass is 16.7. The number of ether oxygens (including phenoxy) is 5. The standard InChI is InChI=1S/C32H37N3O5/c1-36-27-14-12-24(13-15-27)20-29(34-35-33)31(38-23-26-10-6-3-7-11-26)28-21-32(39-18-19-40-32)17-16-30(28)37-22-25-8-4-2-5-9-25/h2-15,28-31H,16-23H2,1H3/t28-,29-,30-,31-/m0/s1. The molecule has 3 aromatic carbocycles. The van der Waals surface area contributed by atoms with Gasteiger partial charge in [0, 0.05) is 23.7 Å². The summed E-state index contributed by atoms with van der Waals surface area (Å²) in [6, 6.07) is 27.6. The van der Waals surface area contributed by atoms with Crippen LogP contribution in [0.1, 0.15) is 36.0 Å². The third kappa shape index (κ3) is 7.22. The topological polar surface area (TPSA) is 94.9 Å². The van der Waals surface area contributed by atoms with Crippen LogP contribution >= 0.6 is 0 Å². The van der Waals surface area contributed by atoms with Crippen molar-refractivity contribution in [1.82, 2.24) is 0 Å². The molecule has 40 heavy (non-hydrogen) atoms. The van der Waals surface area contributed by atoms with Gasteiger partial charge in [-0.15, -0.1) is 0 Å². The van der Waals surface area contributed by atoms with Gasteiger partial charge in [-0.25, -0.2) is 0 Å². The number of methoxy groups -OCH3 is 1. The van der Waals surface area contributed by atoms with Crippen molar-refractivity contribution >= 4 is 0 Å². The van der Waals surface area contributed by atoms with Crippen LogP contribution in [0.2, 0.25) is 0 Å². The summed E-state index contributed by atoms with van der Waals surface area (Å²) in [5.74, 6) is 0.000223. The molecule has 0 bridgehead atoms. The minimum absolute atomic E-state index is 0.118. The third-order valence-electron chi connectivity index (χ3n) is 7.84. The van der Waals surface area contributed by atoms with Gasteiger partial charge in [-0.1, -0.05) is 77.9 Å². The number of hydrogen-bond donors (Lipinski definition) is 0. The van der Waals surface area contributed by atoms with Crippen molar-refractivity contribution < 1.29 is 23.7 Å². The summed E-state index contributed by atoms with van der Waals surface area (Å²) in [5.41, 5.74) is 12.9. The van der Waals surface area contributed by atoms with Gasteiger partial charge in [-0.05, 0) is 47.2 Å². The Morgan fingerprint density at radius 1 is 0.900 bits per heavy atom. The van der Waals surface area contributed by atoms with E-state index in [0.29, 0.717) is 39.3 Å². The summed E-state index contributed by atoms with van der Waals surface area (Å²) >= 11 is 0. The maximum Gasteiger partial charge on any atom is 0.169 e. The molecule has 1 aliphatic heterocycles. The number of rotatable bonds is 12. The quantitative estimate of drug-likeness (QED) is 0.145. The summed E-state index contributed by atoms with van der Waals surface area (Å²) < 4.78 is 31.0. The monoisotopic (exact) mass is 543 g/mol. The van der Waals surface area contributed by atoms with Crippen LogP contribution in [0.25, 0.3) is 10.4 Å². The van der Waals surface area contributed by atoms with Gasteiger partial charge < -0.3 is 23.7 Å². The molecule has 0 aromatic heterocycles. The Morgan fingerprint density at radius 3 is 2.17 bits per heavy atom. The zero-order valence-electron chi connectivity index (χ0n) is 22.9. The van der Waals surface area contributed by atoms with Gasteiger partial charge in [-0.2, -0.15) is 0 Å². The molecule has 210 valence electrons. The first kappa shape index (κ1) is 28.1. The van der Waals surface area contributed by atoms with E-state index in [9.17, 15) is 5.53 Å². The fourth-order valence-corrected chi connectivity index (χ4v) is 5.82. The molecule has 0 radical (unpaired) electrons. The highest BCUT2D eigenvalue weighted by molar-refractivity contribution is 5.28. The number of benzene rings is 3. The molecule has 0 N–H and O–H groups in total. The zero-order chi connectivity index (χ0) is 27.6. The average Bonchev–Trinajstić information content (AvgIpc) is 3.46. The first-order chi connectivity index (χ1) is 19.7. The first-order valence-electron chi connectivity index (χ1n) is 13.9. The molecule has 8 heteroatoms. The first-order valence-corrected chi connectivity index (χ1v) is 13.9. The molecular formula is C32H37N3O5. The molecule has 8 nitrogen and oxygen atoms in total. The third-order valence-corrected chi connectivity index (χ3v) is 7.84. The fraction of sp³-hybridized carbons (Fsp3) is 0.438. The van der Waals surface area contributed by atoms with E-state index in [1.54, 1.807) is 7.11 Å². The molecule has 3 aromatic rings. The van der Waals surface area contributed by atoms with E-state index in [-0.39, 0.29) is 12.0 Å². The van der Waals surface area contributed by atoms with Crippen LogP contribution in [0.15, 0.2) is 90.0 Å². The molecule has 2 aliphatic rings. The molecule has 1 saturated heterocycles. The average molecular weight is 544 g/mol. The van der Waals surface area contributed by atoms with Crippen molar-refractivity contribution in [3.8, 4) is 5.75 Å². The lowest BCUT2D eigenvalue weighted by atomic mass is 9.76. The highest BCUT2D eigenvalue weighted by Crippen LogP contribution is 2.43. The molecule has 1 saturated carbocycles. The van der Waals surface area contributed by atoms with Crippen molar-refractivity contribution in [3.05, 3.63) is 112 Å². The maximum atomic E-state index is 9.65. The molecule has 1 spiro atoms. The molecule has 4 atom stereocenters. The lowest BCUT2D eigenvalue weighted by molar-refractivity contribution is -0.225. The van der Waals surface area contributed by atoms with Gasteiger partial charge >= 0.3 is 0 Å². The van der Waals surface area contributed by atoms with Gasteiger partial charge in [0.1, 0.15) is 5.75 Å². The summed E-state index contributed by atoms with van der Waals surface area (Å²) in [5, 5.41) is 4.30. The minimum atomic E-state index is -0.660. The lowest BCUT2D eigenvalue weighted by Crippen LogP contribution is -2.51. The van der Waals surface area contributed by atoms with E-state index >= 15 is 0 Å². The van der Waals surface area contributed by atoms with Crippen molar-refractivity contribution in [2.45, 2.75) is 62.9 Å². The van der Waals surface area contributed by atoms with Crippen LogP contribution in [0, 0.1) is 5.92 Å². The van der Waals surface area contributed by atoms with E-state index in [1.807, 2.05) is 72.8 Å². The Bertz CT molecular complexity index is 1230. The second-order valence-corrected chi connectivity index (χ2v) is 10.4. The van der Waals surface area contributed by atoms with Crippen molar-refractivity contribution in [2.24, 2.45) is 11.0 Å². The molecular weight excluding hydrogens is 506 g/mol. The highest BCUT2D eigenvalue weighted by Gasteiger charge is 2.49. The summed E-state index contributed by atoms with van der Waals surface area (Å²) in [6.45, 7) is 2.03. The second kappa shape index (κ2) is 13.8. The van der Waals surface area contributed by atoms with Crippen LogP contribution in [0.4, 0.5) is 0 Å². The summed E-state index contributed by atoms with van der Waals surface area (Å²) in [6.07, 6.45) is 2.08. The maximum absolute atomic E-state index is 9.65. The van der Waals surface area contributed by atoms with E-state index in [1.165, 1.54) is 0 Å². The Kier molecular flexibility index (Phi) is 9.71. The van der Waals surface area contributed by atoms with Crippen LogP contribution < -0.4 is 4.74 Å². The lowest BCUT2D eigenvalue weighted by Gasteiger charge is -2.45. The van der Waals surface area contributed by atoms with Crippen LogP contribution in [0.5, 0.6) is 5.75 Å². The van der Waals surface area contributed by atoms with Crippen molar-refractivity contribution in [3.63, 3.8) is 0 Å².